The lowest BCUT2D eigenvalue weighted by atomic mass is 10.0. The minimum absolute atomic E-state index is 0.0290. The van der Waals surface area contributed by atoms with Crippen LogP contribution in [0.4, 0.5) is 15.3 Å². The topological polar surface area (TPSA) is 123 Å². The van der Waals surface area contributed by atoms with E-state index in [9.17, 15) is 14.4 Å². The Hall–Kier alpha value is -4.16. The van der Waals surface area contributed by atoms with E-state index in [-0.39, 0.29) is 24.4 Å². The van der Waals surface area contributed by atoms with E-state index in [1.54, 1.807) is 11.2 Å². The largest absolute Gasteiger partial charge is 0.436 e. The fourth-order valence-electron chi connectivity index (χ4n) is 7.66. The summed E-state index contributed by atoms with van der Waals surface area (Å²) in [5.74, 6) is -0.152. The van der Waals surface area contributed by atoms with Crippen LogP contribution in [0.3, 0.4) is 0 Å². The average Bonchev–Trinajstić information content (AvgIpc) is 3.52. The van der Waals surface area contributed by atoms with Crippen LogP contribution in [-0.2, 0) is 27.1 Å². The van der Waals surface area contributed by atoms with Crippen LogP contribution >= 0.6 is 0 Å². The van der Waals surface area contributed by atoms with Gasteiger partial charge in [-0.15, -0.1) is 0 Å². The number of aromatic nitrogens is 2. The van der Waals surface area contributed by atoms with Crippen molar-refractivity contribution >= 4 is 34.8 Å². The van der Waals surface area contributed by atoms with Gasteiger partial charge in [-0.3, -0.25) is 9.69 Å². The van der Waals surface area contributed by atoms with Gasteiger partial charge < -0.3 is 34.5 Å². The number of piperidine rings is 1. The molecular formula is C35H45N7O5. The van der Waals surface area contributed by atoms with Crippen molar-refractivity contribution in [3.05, 3.63) is 59.4 Å². The lowest BCUT2D eigenvalue weighted by Gasteiger charge is -2.41. The molecule has 0 bridgehead atoms. The van der Waals surface area contributed by atoms with Crippen LogP contribution in [0.1, 0.15) is 42.4 Å². The molecule has 2 N–H and O–H groups in total. The highest BCUT2D eigenvalue weighted by Gasteiger charge is 2.36. The van der Waals surface area contributed by atoms with E-state index in [2.05, 4.69) is 26.3 Å². The lowest BCUT2D eigenvalue weighted by Crippen LogP contribution is -2.56. The monoisotopic (exact) mass is 643 g/mol. The molecule has 3 fully saturated rings. The summed E-state index contributed by atoms with van der Waals surface area (Å²) >= 11 is 0. The summed E-state index contributed by atoms with van der Waals surface area (Å²) in [5, 5.41) is 3.06. The average molecular weight is 644 g/mol. The number of carbonyl (C=O) groups excluding carboxylic acids is 3. The Bertz CT molecular complexity index is 1590. The van der Waals surface area contributed by atoms with Crippen molar-refractivity contribution in [3.8, 4) is 0 Å². The van der Waals surface area contributed by atoms with Crippen molar-refractivity contribution in [2.75, 3.05) is 64.3 Å². The van der Waals surface area contributed by atoms with Crippen LogP contribution in [0.2, 0.25) is 0 Å². The standard InChI is InChI=1S/C35H45N7O5/c1-24-20-25(21-30-32(24)37-23-36-30)22-31(33(43)40-16-14-39(15-17-40)27-9-18-46-19-10-27)47-35(45)41-11-7-28(8-12-41)42-13-6-26-4-2-3-5-29(26)38-34(42)44/h2-5,20-21,23,27-28,31H,6-19,22H2,1H3,(H,36,37)(H,38,44). The number of aryl methyl sites for hydroxylation is 1. The number of anilines is 1. The number of nitrogens with one attached hydrogen (secondary N) is 2. The van der Waals surface area contributed by atoms with E-state index in [0.29, 0.717) is 51.6 Å². The van der Waals surface area contributed by atoms with Crippen molar-refractivity contribution in [1.82, 2.24) is 29.6 Å². The molecule has 7 rings (SSSR count). The molecule has 0 aliphatic carbocycles. The summed E-state index contributed by atoms with van der Waals surface area (Å²) in [4.78, 5) is 56.3. The maximum absolute atomic E-state index is 14.0. The summed E-state index contributed by atoms with van der Waals surface area (Å²) < 4.78 is 11.6. The van der Waals surface area contributed by atoms with Crippen LogP contribution in [0, 0.1) is 6.92 Å². The number of hydrogen-bond donors (Lipinski definition) is 2. The maximum atomic E-state index is 14.0. The number of para-hydroxylation sites is 1. The highest BCUT2D eigenvalue weighted by Crippen LogP contribution is 2.26. The second-order valence-electron chi connectivity index (χ2n) is 13.2. The van der Waals surface area contributed by atoms with Crippen LogP contribution in [0.25, 0.3) is 11.0 Å². The molecule has 250 valence electrons. The molecule has 4 aliphatic heterocycles. The SMILES string of the molecule is Cc1cc(CC(OC(=O)N2CCC(N3CCc4ccccc4NC3=O)CC2)C(=O)N2CCN(C3CCOCC3)CC2)cc2nc[nH]c12. The maximum Gasteiger partial charge on any atom is 0.410 e. The first-order valence-corrected chi connectivity index (χ1v) is 17.1. The lowest BCUT2D eigenvalue weighted by molar-refractivity contribution is -0.143. The van der Waals surface area contributed by atoms with Gasteiger partial charge in [0.05, 0.1) is 17.4 Å². The number of urea groups is 1. The third-order valence-electron chi connectivity index (χ3n) is 10.4. The molecule has 2 aromatic carbocycles. The summed E-state index contributed by atoms with van der Waals surface area (Å²) in [6.07, 6.45) is 4.66. The first kappa shape index (κ1) is 31.4. The van der Waals surface area contributed by atoms with Gasteiger partial charge in [0, 0.05) is 83.2 Å². The van der Waals surface area contributed by atoms with Crippen molar-refractivity contribution < 1.29 is 23.9 Å². The third kappa shape index (κ3) is 6.94. The molecule has 1 unspecified atom stereocenters. The summed E-state index contributed by atoms with van der Waals surface area (Å²) in [6.45, 7) is 7.97. The molecule has 12 heteroatoms. The van der Waals surface area contributed by atoms with Gasteiger partial charge in [-0.25, -0.2) is 14.6 Å². The zero-order chi connectivity index (χ0) is 32.3. The summed E-state index contributed by atoms with van der Waals surface area (Å²) in [7, 11) is 0. The Labute approximate surface area is 275 Å². The number of likely N-dealkylation sites (tertiary alicyclic amines) is 1. The van der Waals surface area contributed by atoms with Gasteiger partial charge in [0.15, 0.2) is 6.10 Å². The smallest absolute Gasteiger partial charge is 0.410 e. The summed E-state index contributed by atoms with van der Waals surface area (Å²) in [5.41, 5.74) is 5.71. The highest BCUT2D eigenvalue weighted by atomic mass is 16.6. The van der Waals surface area contributed by atoms with E-state index in [1.165, 1.54) is 0 Å². The van der Waals surface area contributed by atoms with Crippen molar-refractivity contribution in [1.29, 1.82) is 0 Å². The molecule has 4 amide bonds. The number of piperazine rings is 1. The number of aromatic amines is 1. The Morgan fingerprint density at radius 2 is 1.72 bits per heavy atom. The number of imidazole rings is 1. The van der Waals surface area contributed by atoms with Crippen LogP contribution in [0.5, 0.6) is 0 Å². The molecule has 5 heterocycles. The molecule has 0 spiro atoms. The van der Waals surface area contributed by atoms with E-state index in [4.69, 9.17) is 9.47 Å². The number of rotatable bonds is 6. The molecule has 0 saturated carbocycles. The zero-order valence-electron chi connectivity index (χ0n) is 27.2. The highest BCUT2D eigenvalue weighted by molar-refractivity contribution is 5.91. The fourth-order valence-corrected chi connectivity index (χ4v) is 7.66. The fraction of sp³-hybridized carbons (Fsp3) is 0.543. The van der Waals surface area contributed by atoms with Crippen molar-refractivity contribution in [3.63, 3.8) is 0 Å². The quantitative estimate of drug-likeness (QED) is 0.419. The molecule has 12 nitrogen and oxygen atoms in total. The number of hydrogen-bond acceptors (Lipinski definition) is 7. The predicted octanol–water partition coefficient (Wildman–Crippen LogP) is 3.80. The van der Waals surface area contributed by atoms with Crippen molar-refractivity contribution in [2.45, 2.75) is 63.6 Å². The van der Waals surface area contributed by atoms with Gasteiger partial charge in [-0.05, 0) is 67.9 Å². The molecule has 47 heavy (non-hydrogen) atoms. The van der Waals surface area contributed by atoms with E-state index >= 15 is 0 Å². The van der Waals surface area contributed by atoms with E-state index in [0.717, 1.165) is 79.0 Å². The second kappa shape index (κ2) is 13.9. The van der Waals surface area contributed by atoms with Gasteiger partial charge in [0.25, 0.3) is 5.91 Å². The molecule has 3 aromatic rings. The molecule has 3 saturated heterocycles. The van der Waals surface area contributed by atoms with Gasteiger partial charge >= 0.3 is 12.1 Å². The van der Waals surface area contributed by atoms with Gasteiger partial charge in [-0.1, -0.05) is 24.3 Å². The number of amides is 4. The molecule has 1 aromatic heterocycles. The number of ether oxygens (including phenoxy) is 2. The first-order chi connectivity index (χ1) is 22.9. The van der Waals surface area contributed by atoms with Crippen LogP contribution in [-0.4, -0.2) is 125 Å². The van der Waals surface area contributed by atoms with E-state index < -0.39 is 12.2 Å². The number of carbonyl (C=O) groups is 3. The van der Waals surface area contributed by atoms with E-state index in [1.807, 2.05) is 47.1 Å². The van der Waals surface area contributed by atoms with Crippen molar-refractivity contribution in [2.24, 2.45) is 0 Å². The Morgan fingerprint density at radius 3 is 2.51 bits per heavy atom. The Kier molecular flexibility index (Phi) is 9.30. The molecule has 4 aliphatic rings. The van der Waals surface area contributed by atoms with Gasteiger partial charge in [-0.2, -0.15) is 0 Å². The Balaban J connectivity index is 1.00. The molecule has 0 radical (unpaired) electrons. The zero-order valence-corrected chi connectivity index (χ0v) is 27.2. The first-order valence-electron chi connectivity index (χ1n) is 17.1. The minimum Gasteiger partial charge on any atom is -0.436 e. The second-order valence-corrected chi connectivity index (χ2v) is 13.2. The molecule has 1 atom stereocenters. The van der Waals surface area contributed by atoms with Crippen LogP contribution < -0.4 is 5.32 Å². The predicted molar refractivity (Wildman–Crippen MR) is 177 cm³/mol. The van der Waals surface area contributed by atoms with Crippen LogP contribution in [0.15, 0.2) is 42.7 Å². The molecular weight excluding hydrogens is 598 g/mol. The van der Waals surface area contributed by atoms with Gasteiger partial charge in [0.1, 0.15) is 0 Å². The Morgan fingerprint density at radius 1 is 0.957 bits per heavy atom. The minimum atomic E-state index is -0.944. The normalized spacial score (nSPS) is 20.9. The number of benzene rings is 2. The number of H-pyrrole nitrogens is 1. The number of nitrogens with zero attached hydrogens (tertiary/aromatic N) is 5. The summed E-state index contributed by atoms with van der Waals surface area (Å²) in [6, 6.07) is 12.3. The van der Waals surface area contributed by atoms with Gasteiger partial charge in [0.2, 0.25) is 0 Å². The number of fused-ring (bicyclic) bond motifs is 2. The third-order valence-corrected chi connectivity index (χ3v) is 10.4.